The van der Waals surface area contributed by atoms with Crippen LogP contribution < -0.4 is 15.4 Å². The molecule has 0 radical (unpaired) electrons. The van der Waals surface area contributed by atoms with Crippen LogP contribution in [0.5, 0.6) is 5.75 Å². The maximum atomic E-state index is 13.1. The number of hydrogen-bond acceptors (Lipinski definition) is 4. The summed E-state index contributed by atoms with van der Waals surface area (Å²) in [4.78, 5) is 26.1. The summed E-state index contributed by atoms with van der Waals surface area (Å²) in [5.74, 6) is -0.681. The molecule has 162 valence electrons. The number of nitrogens with zero attached hydrogens (tertiary/aromatic N) is 1. The molecule has 2 rings (SSSR count). The average Bonchev–Trinajstić information content (AvgIpc) is 2.67. The third-order valence-corrected chi connectivity index (χ3v) is 4.36. The second-order valence-electron chi connectivity index (χ2n) is 6.29. The summed E-state index contributed by atoms with van der Waals surface area (Å²) in [5.41, 5.74) is -0.902. The number of para-hydroxylation sites is 1. The fourth-order valence-electron chi connectivity index (χ4n) is 2.68. The van der Waals surface area contributed by atoms with E-state index < -0.39 is 23.6 Å². The molecule has 10 heteroatoms. The molecule has 0 atom stereocenters. The second kappa shape index (κ2) is 10.3. The van der Waals surface area contributed by atoms with E-state index in [1.54, 1.807) is 19.1 Å². The zero-order valence-electron chi connectivity index (χ0n) is 16.3. The van der Waals surface area contributed by atoms with Crippen LogP contribution in [-0.2, 0) is 15.8 Å². The summed E-state index contributed by atoms with van der Waals surface area (Å²) in [5, 5.41) is 5.31. The van der Waals surface area contributed by atoms with Gasteiger partial charge in [0, 0.05) is 5.02 Å². The van der Waals surface area contributed by atoms with Crippen LogP contribution in [0.25, 0.3) is 0 Å². The number of amides is 2. The van der Waals surface area contributed by atoms with Crippen LogP contribution in [0.2, 0.25) is 5.02 Å². The lowest BCUT2D eigenvalue weighted by atomic mass is 10.1. The van der Waals surface area contributed by atoms with Gasteiger partial charge in [0.25, 0.3) is 0 Å². The lowest BCUT2D eigenvalue weighted by molar-refractivity contribution is -0.137. The predicted octanol–water partition coefficient (Wildman–Crippen LogP) is 4.27. The minimum atomic E-state index is -4.59. The first kappa shape index (κ1) is 23.5. The van der Waals surface area contributed by atoms with E-state index in [-0.39, 0.29) is 18.8 Å². The van der Waals surface area contributed by atoms with Gasteiger partial charge in [0.2, 0.25) is 11.8 Å². The SMILES string of the molecule is CCN(CC(=O)Nc1cc(Cl)ccc1OC)CC(=O)Nc1ccccc1C(F)(F)F. The largest absolute Gasteiger partial charge is 0.495 e. The number of nitrogens with one attached hydrogen (secondary N) is 2. The molecule has 0 heterocycles. The molecule has 0 spiro atoms. The molecule has 0 bridgehead atoms. The van der Waals surface area contributed by atoms with E-state index in [9.17, 15) is 22.8 Å². The number of alkyl halides is 3. The Morgan fingerprint density at radius 3 is 2.20 bits per heavy atom. The van der Waals surface area contributed by atoms with Crippen molar-refractivity contribution in [3.63, 3.8) is 0 Å². The van der Waals surface area contributed by atoms with Crippen molar-refractivity contribution in [1.82, 2.24) is 4.90 Å². The summed E-state index contributed by atoms with van der Waals surface area (Å²) in [7, 11) is 1.44. The van der Waals surface area contributed by atoms with Gasteiger partial charge >= 0.3 is 6.18 Å². The summed E-state index contributed by atoms with van der Waals surface area (Å²) in [6, 6.07) is 9.43. The lowest BCUT2D eigenvalue weighted by Crippen LogP contribution is -2.38. The molecule has 6 nitrogen and oxygen atoms in total. The Bertz CT molecular complexity index is 906. The molecule has 2 aromatic carbocycles. The van der Waals surface area contributed by atoms with Crippen LogP contribution in [0.1, 0.15) is 12.5 Å². The summed E-state index contributed by atoms with van der Waals surface area (Å²) < 4.78 is 44.3. The van der Waals surface area contributed by atoms with E-state index in [0.29, 0.717) is 23.0 Å². The maximum Gasteiger partial charge on any atom is 0.418 e. The zero-order valence-corrected chi connectivity index (χ0v) is 17.1. The Labute approximate surface area is 177 Å². The highest BCUT2D eigenvalue weighted by Gasteiger charge is 2.33. The highest BCUT2D eigenvalue weighted by atomic mass is 35.5. The van der Waals surface area contributed by atoms with Crippen molar-refractivity contribution < 1.29 is 27.5 Å². The highest BCUT2D eigenvalue weighted by molar-refractivity contribution is 6.31. The number of anilines is 2. The van der Waals surface area contributed by atoms with E-state index >= 15 is 0 Å². The van der Waals surface area contributed by atoms with E-state index in [2.05, 4.69) is 10.6 Å². The van der Waals surface area contributed by atoms with E-state index in [0.717, 1.165) is 6.07 Å². The van der Waals surface area contributed by atoms with Crippen molar-refractivity contribution >= 4 is 34.8 Å². The van der Waals surface area contributed by atoms with Crippen LogP contribution in [-0.4, -0.2) is 43.5 Å². The van der Waals surface area contributed by atoms with Gasteiger partial charge in [-0.1, -0.05) is 30.7 Å². The normalized spacial score (nSPS) is 11.3. The summed E-state index contributed by atoms with van der Waals surface area (Å²) >= 11 is 5.93. The number of halogens is 4. The molecule has 0 aliphatic heterocycles. The maximum absolute atomic E-state index is 13.1. The first-order valence-corrected chi connectivity index (χ1v) is 9.33. The Hall–Kier alpha value is -2.78. The molecule has 2 N–H and O–H groups in total. The number of likely N-dealkylation sites (N-methyl/N-ethyl adjacent to an activating group) is 1. The van der Waals surface area contributed by atoms with Crippen LogP contribution >= 0.6 is 11.6 Å². The fourth-order valence-corrected chi connectivity index (χ4v) is 2.85. The molecule has 2 aromatic rings. The van der Waals surface area contributed by atoms with Gasteiger partial charge in [-0.2, -0.15) is 13.2 Å². The number of methoxy groups -OCH3 is 1. The minimum Gasteiger partial charge on any atom is -0.495 e. The fraction of sp³-hybridized carbons (Fsp3) is 0.300. The minimum absolute atomic E-state index is 0.152. The van der Waals surface area contributed by atoms with Gasteiger partial charge < -0.3 is 15.4 Å². The third kappa shape index (κ3) is 6.64. The first-order chi connectivity index (χ1) is 14.1. The van der Waals surface area contributed by atoms with Gasteiger partial charge in [0.05, 0.1) is 37.1 Å². The molecule has 0 saturated carbocycles. The molecule has 2 amide bonds. The zero-order chi connectivity index (χ0) is 22.3. The van der Waals surface area contributed by atoms with Gasteiger partial charge in [0.1, 0.15) is 5.75 Å². The van der Waals surface area contributed by atoms with E-state index in [1.165, 1.54) is 36.3 Å². The molecular formula is C20H21ClF3N3O3. The van der Waals surface area contributed by atoms with Gasteiger partial charge in [0.15, 0.2) is 0 Å². The summed E-state index contributed by atoms with van der Waals surface area (Å²) in [6.07, 6.45) is -4.59. The molecule has 30 heavy (non-hydrogen) atoms. The number of carbonyl (C=O) groups is 2. The number of ether oxygens (including phenoxy) is 1. The van der Waals surface area contributed by atoms with Crippen molar-refractivity contribution in [1.29, 1.82) is 0 Å². The van der Waals surface area contributed by atoms with Crippen LogP contribution in [0.15, 0.2) is 42.5 Å². The van der Waals surface area contributed by atoms with Gasteiger partial charge in [-0.25, -0.2) is 0 Å². The number of benzene rings is 2. The Morgan fingerprint density at radius 2 is 1.63 bits per heavy atom. The van der Waals surface area contributed by atoms with Gasteiger partial charge in [-0.05, 0) is 36.9 Å². The van der Waals surface area contributed by atoms with Crippen LogP contribution in [0.3, 0.4) is 0 Å². The Morgan fingerprint density at radius 1 is 1.03 bits per heavy atom. The summed E-state index contributed by atoms with van der Waals surface area (Å²) in [6.45, 7) is 1.64. The topological polar surface area (TPSA) is 70.7 Å². The second-order valence-corrected chi connectivity index (χ2v) is 6.72. The van der Waals surface area contributed by atoms with E-state index in [4.69, 9.17) is 16.3 Å². The van der Waals surface area contributed by atoms with Crippen LogP contribution in [0, 0.1) is 0 Å². The molecule has 0 saturated heterocycles. The quantitative estimate of drug-likeness (QED) is 0.639. The Balaban J connectivity index is 2.00. The van der Waals surface area contributed by atoms with Crippen molar-refractivity contribution in [3.8, 4) is 5.75 Å². The molecular weight excluding hydrogens is 423 g/mol. The number of hydrogen-bond donors (Lipinski definition) is 2. The van der Waals surface area contributed by atoms with Gasteiger partial charge in [-0.15, -0.1) is 0 Å². The van der Waals surface area contributed by atoms with Crippen molar-refractivity contribution in [2.75, 3.05) is 37.4 Å². The lowest BCUT2D eigenvalue weighted by Gasteiger charge is -2.20. The standard InChI is InChI=1S/C20H21ClF3N3O3/c1-3-27(12-19(29)26-16-10-13(21)8-9-17(16)30-2)11-18(28)25-15-7-5-4-6-14(15)20(22,23)24/h4-10H,3,11-12H2,1-2H3,(H,25,28)(H,26,29). The Kier molecular flexibility index (Phi) is 8.08. The molecule has 0 aliphatic carbocycles. The molecule has 0 fully saturated rings. The molecule has 0 aromatic heterocycles. The van der Waals surface area contributed by atoms with Gasteiger partial charge in [-0.3, -0.25) is 14.5 Å². The van der Waals surface area contributed by atoms with E-state index in [1.807, 2.05) is 0 Å². The smallest absolute Gasteiger partial charge is 0.418 e. The number of rotatable bonds is 8. The predicted molar refractivity (Wildman–Crippen MR) is 109 cm³/mol. The molecule has 0 unspecified atom stereocenters. The average molecular weight is 444 g/mol. The van der Waals surface area contributed by atoms with Crippen LogP contribution in [0.4, 0.5) is 24.5 Å². The highest BCUT2D eigenvalue weighted by Crippen LogP contribution is 2.34. The number of carbonyl (C=O) groups excluding carboxylic acids is 2. The monoisotopic (exact) mass is 443 g/mol. The van der Waals surface area contributed by atoms with Crippen molar-refractivity contribution in [3.05, 3.63) is 53.1 Å². The van der Waals surface area contributed by atoms with Crippen molar-refractivity contribution in [2.24, 2.45) is 0 Å². The third-order valence-electron chi connectivity index (χ3n) is 4.12. The van der Waals surface area contributed by atoms with Crippen molar-refractivity contribution in [2.45, 2.75) is 13.1 Å². The molecule has 0 aliphatic rings. The first-order valence-electron chi connectivity index (χ1n) is 8.95.